The molecule has 10 aromatic rings. The van der Waals surface area contributed by atoms with Crippen LogP contribution in [0.25, 0.3) is 98.8 Å². The molecule has 9 aromatic carbocycles. The van der Waals surface area contributed by atoms with Crippen molar-refractivity contribution in [2.45, 2.75) is 0 Å². The van der Waals surface area contributed by atoms with Gasteiger partial charge < -0.3 is 4.42 Å². The maximum absolute atomic E-state index is 9.41. The van der Waals surface area contributed by atoms with Crippen LogP contribution in [0.2, 0.25) is 0 Å². The first-order valence-corrected chi connectivity index (χ1v) is 16.4. The maximum Gasteiger partial charge on any atom is 0.136 e. The van der Waals surface area contributed by atoms with Gasteiger partial charge in [-0.15, -0.1) is 0 Å². The van der Waals surface area contributed by atoms with Crippen molar-refractivity contribution >= 4 is 54.3 Å². The number of fused-ring (bicyclic) bond motifs is 6. The Labute approximate surface area is 292 Å². The second kappa shape index (κ2) is 11.1. The van der Waals surface area contributed by atoms with Crippen molar-refractivity contribution in [1.82, 2.24) is 0 Å². The Morgan fingerprint density at radius 3 is 1.45 bits per heavy atom. The van der Waals surface area contributed by atoms with Crippen LogP contribution in [-0.2, 0) is 0 Å². The molecule has 0 atom stereocenters. The molecule has 0 aliphatic rings. The van der Waals surface area contributed by atoms with Gasteiger partial charge in [-0.2, -0.15) is 0 Å². The lowest BCUT2D eigenvalue weighted by atomic mass is 9.85. The molecule has 0 unspecified atom stereocenters. The predicted octanol–water partition coefficient (Wildman–Crippen LogP) is 13.7. The highest BCUT2D eigenvalue weighted by atomic mass is 16.3. The average Bonchev–Trinajstić information content (AvgIpc) is 3.64. The van der Waals surface area contributed by atoms with Crippen LogP contribution < -0.4 is 0 Å². The van der Waals surface area contributed by atoms with E-state index in [-0.39, 0.29) is 69.3 Å². The molecular formula is C48H30O. The molecule has 0 N–H and O–H groups in total. The zero-order valence-corrected chi connectivity index (χ0v) is 26.3. The van der Waals surface area contributed by atoms with Crippen molar-refractivity contribution in [2.24, 2.45) is 0 Å². The zero-order chi connectivity index (χ0) is 37.5. The lowest BCUT2D eigenvalue weighted by Gasteiger charge is -2.18. The molecule has 0 saturated carbocycles. The molecule has 0 aliphatic heterocycles. The lowest BCUT2D eigenvalue weighted by molar-refractivity contribution is 0.669. The molecule has 0 saturated heterocycles. The molecule has 0 fully saturated rings. The highest BCUT2D eigenvalue weighted by molar-refractivity contribution is 6.22. The topological polar surface area (TPSA) is 13.1 Å². The Kier molecular flexibility index (Phi) is 5.02. The molecular weight excluding hydrogens is 593 g/mol. The average molecular weight is 629 g/mol. The molecule has 1 heterocycles. The van der Waals surface area contributed by atoms with E-state index in [1.807, 2.05) is 54.6 Å². The van der Waals surface area contributed by atoms with Gasteiger partial charge in [-0.3, -0.25) is 0 Å². The van der Waals surface area contributed by atoms with Gasteiger partial charge in [0.05, 0.1) is 8.22 Å². The van der Waals surface area contributed by atoms with Gasteiger partial charge in [-0.1, -0.05) is 146 Å². The summed E-state index contributed by atoms with van der Waals surface area (Å²) in [6.07, 6.45) is 0. The Morgan fingerprint density at radius 2 is 0.816 bits per heavy atom. The van der Waals surface area contributed by atoms with Crippen LogP contribution in [0.5, 0.6) is 0 Å². The van der Waals surface area contributed by atoms with E-state index in [0.29, 0.717) is 11.1 Å². The minimum atomic E-state index is -0.208. The third-order valence-electron chi connectivity index (χ3n) is 9.48. The molecule has 0 spiro atoms. The number of benzene rings is 9. The van der Waals surface area contributed by atoms with E-state index in [9.17, 15) is 4.11 Å². The first-order chi connectivity index (χ1) is 26.8. The summed E-state index contributed by atoms with van der Waals surface area (Å²) >= 11 is 0. The fourth-order valence-corrected chi connectivity index (χ4v) is 7.20. The molecule has 10 rings (SSSR count). The first kappa shape index (κ1) is 22.2. The monoisotopic (exact) mass is 628 g/mol. The van der Waals surface area contributed by atoms with Gasteiger partial charge in [0.25, 0.3) is 0 Å². The quantitative estimate of drug-likeness (QED) is 0.177. The molecule has 1 heteroatoms. The minimum absolute atomic E-state index is 0.0265. The van der Waals surface area contributed by atoms with Crippen LogP contribution in [-0.4, -0.2) is 0 Å². The second-order valence-electron chi connectivity index (χ2n) is 12.4. The summed E-state index contributed by atoms with van der Waals surface area (Å²) in [7, 11) is 0. The number of rotatable bonds is 4. The molecule has 1 aromatic heterocycles. The van der Waals surface area contributed by atoms with Gasteiger partial charge in [0.1, 0.15) is 11.2 Å². The van der Waals surface area contributed by atoms with Crippen molar-refractivity contribution in [1.29, 1.82) is 0 Å². The fraction of sp³-hybridized carbons (Fsp3) is 0. The Balaban J connectivity index is 1.20. The van der Waals surface area contributed by atoms with E-state index in [2.05, 4.69) is 78.9 Å². The minimum Gasteiger partial charge on any atom is -0.456 e. The molecule has 0 amide bonds. The highest BCUT2D eigenvalue weighted by Gasteiger charge is 2.17. The van der Waals surface area contributed by atoms with Crippen LogP contribution >= 0.6 is 0 Å². The summed E-state index contributed by atoms with van der Waals surface area (Å²) in [6.45, 7) is 0. The van der Waals surface area contributed by atoms with Crippen LogP contribution in [0.1, 0.15) is 8.22 Å². The van der Waals surface area contributed by atoms with Crippen LogP contribution in [0, 0.1) is 0 Å². The smallest absolute Gasteiger partial charge is 0.136 e. The van der Waals surface area contributed by atoms with Crippen molar-refractivity contribution in [3.63, 3.8) is 0 Å². The first-order valence-electron chi connectivity index (χ1n) is 19.4. The van der Waals surface area contributed by atoms with Gasteiger partial charge in [-0.25, -0.2) is 0 Å². The molecule has 49 heavy (non-hydrogen) atoms. The Hall–Kier alpha value is -6.44. The summed E-state index contributed by atoms with van der Waals surface area (Å²) in [5, 5.41) is 6.94. The largest absolute Gasteiger partial charge is 0.456 e. The normalized spacial score (nSPS) is 13.4. The standard InChI is InChI=1S/C48H30O/c1-2-11-31(12-3-1)35-23-25-39-40-26-24-36(30-46(40)49-45(39)29-35)34-15-10-16-37(28-34)47-41-17-6-8-19-43(41)48(44-20-9-7-18-42(44)47)38-22-21-32-13-4-5-14-33(32)27-38/h1-30H/i23D,24D,25D,26D,29D,30D. The molecule has 228 valence electrons. The van der Waals surface area contributed by atoms with E-state index >= 15 is 0 Å². The Morgan fingerprint density at radius 1 is 0.327 bits per heavy atom. The van der Waals surface area contributed by atoms with E-state index in [4.69, 9.17) is 8.53 Å². The number of hydrogen-bond acceptors (Lipinski definition) is 1. The van der Waals surface area contributed by atoms with Gasteiger partial charge in [0.15, 0.2) is 0 Å². The molecule has 0 bridgehead atoms. The second-order valence-corrected chi connectivity index (χ2v) is 12.4. The van der Waals surface area contributed by atoms with E-state index in [1.54, 1.807) is 12.1 Å². The number of hydrogen-bond donors (Lipinski definition) is 0. The summed E-state index contributed by atoms with van der Waals surface area (Å²) in [6, 6.07) is 47.7. The summed E-state index contributed by atoms with van der Waals surface area (Å²) in [5.74, 6) is 0. The van der Waals surface area contributed by atoms with Gasteiger partial charge in [-0.05, 0) is 113 Å². The number of furan rings is 1. The molecule has 0 aliphatic carbocycles. The summed E-state index contributed by atoms with van der Waals surface area (Å²) < 4.78 is 60.9. The van der Waals surface area contributed by atoms with Gasteiger partial charge in [0.2, 0.25) is 0 Å². The molecule has 1 nitrogen and oxygen atoms in total. The van der Waals surface area contributed by atoms with Gasteiger partial charge >= 0.3 is 0 Å². The van der Waals surface area contributed by atoms with Crippen LogP contribution in [0.15, 0.2) is 186 Å². The lowest BCUT2D eigenvalue weighted by Crippen LogP contribution is -1.91. The van der Waals surface area contributed by atoms with Crippen molar-refractivity contribution in [3.05, 3.63) is 182 Å². The predicted molar refractivity (Wildman–Crippen MR) is 208 cm³/mol. The third kappa shape index (κ3) is 4.55. The zero-order valence-electron chi connectivity index (χ0n) is 32.3. The van der Waals surface area contributed by atoms with E-state index in [1.165, 1.54) is 10.8 Å². The van der Waals surface area contributed by atoms with E-state index < -0.39 is 0 Å². The van der Waals surface area contributed by atoms with Gasteiger partial charge in [0, 0.05) is 10.8 Å². The van der Waals surface area contributed by atoms with Crippen molar-refractivity contribution < 1.29 is 12.6 Å². The van der Waals surface area contributed by atoms with Crippen LogP contribution in [0.3, 0.4) is 0 Å². The summed E-state index contributed by atoms with van der Waals surface area (Å²) in [4.78, 5) is 0. The van der Waals surface area contributed by atoms with E-state index in [0.717, 1.165) is 43.8 Å². The fourth-order valence-electron chi connectivity index (χ4n) is 7.20. The van der Waals surface area contributed by atoms with Crippen molar-refractivity contribution in [2.75, 3.05) is 0 Å². The third-order valence-corrected chi connectivity index (χ3v) is 9.48. The van der Waals surface area contributed by atoms with Crippen molar-refractivity contribution in [3.8, 4) is 44.5 Å². The van der Waals surface area contributed by atoms with Crippen LogP contribution in [0.4, 0.5) is 0 Å². The molecule has 0 radical (unpaired) electrons. The Bertz CT molecular complexity index is 3160. The SMILES string of the molecule is [2H]c1c(-c2ccccc2)c([2H])c2oc3c([2H])c(-c4cccc(-c5c6ccccc6c(-c6ccc7ccccc7c6)c6ccccc56)c4)c([2H])c([2H])c3c2c1[2H]. The maximum atomic E-state index is 9.41. The highest BCUT2D eigenvalue weighted by Crippen LogP contribution is 2.45. The summed E-state index contributed by atoms with van der Waals surface area (Å²) in [5.41, 5.74) is 5.94.